The lowest BCUT2D eigenvalue weighted by Crippen LogP contribution is -2.42. The quantitative estimate of drug-likeness (QED) is 0.125. The minimum absolute atomic E-state index is 0.0795. The van der Waals surface area contributed by atoms with Crippen molar-refractivity contribution in [2.24, 2.45) is 0 Å². The number of amides is 1. The molecule has 0 N–H and O–H groups in total. The Bertz CT molecular complexity index is 2270. The van der Waals surface area contributed by atoms with Gasteiger partial charge in [-0.1, -0.05) is 115 Å². The van der Waals surface area contributed by atoms with Gasteiger partial charge in [0.25, 0.3) is 5.91 Å². The highest BCUT2D eigenvalue weighted by Gasteiger charge is 2.40. The number of carbonyl (C=O) groups excluding carboxylic acids is 1. The Morgan fingerprint density at radius 2 is 1.35 bits per heavy atom. The van der Waals surface area contributed by atoms with E-state index in [4.69, 9.17) is 10.3 Å². The Labute approximate surface area is 314 Å². The molecule has 8 rings (SSSR count). The molecule has 0 aliphatic carbocycles. The molecule has 1 amide bonds. The lowest BCUT2D eigenvalue weighted by atomic mass is 9.77. The number of likely N-dealkylation sites (N-methyl/N-ethyl adjacent to an activating group) is 1. The predicted molar refractivity (Wildman–Crippen MR) is 209 cm³/mol. The molecular formula is C46H41F2N5O. The van der Waals surface area contributed by atoms with Gasteiger partial charge in [-0.2, -0.15) is 0 Å². The highest BCUT2D eigenvalue weighted by atomic mass is 19.1. The molecule has 1 aliphatic heterocycles. The third-order valence-electron chi connectivity index (χ3n) is 10.8. The molecule has 1 fully saturated rings. The van der Waals surface area contributed by atoms with Crippen LogP contribution < -0.4 is 0 Å². The Balaban J connectivity index is 1.18. The second kappa shape index (κ2) is 15.2. The largest absolute Gasteiger partial charge is 0.333 e. The highest BCUT2D eigenvalue weighted by molar-refractivity contribution is 5.94. The number of nitrogens with zero attached hydrogens (tertiary/aromatic N) is 5. The van der Waals surface area contributed by atoms with Crippen molar-refractivity contribution < 1.29 is 13.6 Å². The number of aromatic nitrogens is 3. The average molecular weight is 718 g/mol. The maximum atomic E-state index is 15.7. The van der Waals surface area contributed by atoms with Crippen molar-refractivity contribution in [2.75, 3.05) is 19.6 Å². The Kier molecular flexibility index (Phi) is 9.85. The first-order chi connectivity index (χ1) is 26.4. The van der Waals surface area contributed by atoms with E-state index in [1.54, 1.807) is 11.0 Å². The van der Waals surface area contributed by atoms with Crippen LogP contribution in [0.15, 0.2) is 152 Å². The maximum absolute atomic E-state index is 15.7. The van der Waals surface area contributed by atoms with Gasteiger partial charge in [-0.25, -0.2) is 13.5 Å². The van der Waals surface area contributed by atoms with Gasteiger partial charge < -0.3 is 4.90 Å². The van der Waals surface area contributed by atoms with Gasteiger partial charge in [0.05, 0.1) is 5.52 Å². The predicted octanol–water partition coefficient (Wildman–Crippen LogP) is 9.34. The first-order valence-corrected chi connectivity index (χ1v) is 18.6. The normalized spacial score (nSPS) is 14.8. The first-order valence-electron chi connectivity index (χ1n) is 18.6. The van der Waals surface area contributed by atoms with E-state index in [9.17, 15) is 9.18 Å². The molecule has 1 aromatic heterocycles. The van der Waals surface area contributed by atoms with Gasteiger partial charge >= 0.3 is 0 Å². The Hall–Kier alpha value is -5.99. The maximum Gasteiger partial charge on any atom is 0.254 e. The van der Waals surface area contributed by atoms with Gasteiger partial charge in [-0.3, -0.25) is 9.69 Å². The molecule has 6 nitrogen and oxygen atoms in total. The molecule has 54 heavy (non-hydrogen) atoms. The van der Waals surface area contributed by atoms with Crippen LogP contribution in [0.4, 0.5) is 8.78 Å². The molecule has 0 spiro atoms. The molecule has 2 heterocycles. The second-order valence-electron chi connectivity index (χ2n) is 13.9. The van der Waals surface area contributed by atoms with Crippen molar-refractivity contribution in [1.29, 1.82) is 0 Å². The lowest BCUT2D eigenvalue weighted by molar-refractivity contribution is 0.0690. The van der Waals surface area contributed by atoms with Gasteiger partial charge in [0.1, 0.15) is 22.7 Å². The van der Waals surface area contributed by atoms with E-state index in [2.05, 4.69) is 48.2 Å². The lowest BCUT2D eigenvalue weighted by Gasteiger charge is -2.36. The molecule has 6 aromatic carbocycles. The summed E-state index contributed by atoms with van der Waals surface area (Å²) in [6.45, 7) is 4.50. The van der Waals surface area contributed by atoms with Gasteiger partial charge in [0, 0.05) is 30.3 Å². The second-order valence-corrected chi connectivity index (χ2v) is 13.9. The van der Waals surface area contributed by atoms with Crippen molar-refractivity contribution in [3.05, 3.63) is 191 Å². The standard InChI is InChI=1S/C46H41F2N5O/c1-2-51-28-12-19-41(51)32-52(45(54)33-20-24-40(47)25-21-33)31-36-29-34(22-26-42(36)48)35-23-27-44-43(30-35)49-50-53(44)46(37-13-6-3-7-14-37,38-15-8-4-9-16-38)39-17-10-5-11-18-39/h3-11,13-18,20-27,29-30,41H,2,12,19,28,31-32H2,1H3/t41-/m0/s1. The molecule has 0 bridgehead atoms. The van der Waals surface area contributed by atoms with Crippen LogP contribution >= 0.6 is 0 Å². The van der Waals surface area contributed by atoms with Gasteiger partial charge in [0.15, 0.2) is 0 Å². The number of rotatable bonds is 11. The summed E-state index contributed by atoms with van der Waals surface area (Å²) in [6.07, 6.45) is 2.02. The smallest absolute Gasteiger partial charge is 0.254 e. The van der Waals surface area contributed by atoms with Crippen molar-refractivity contribution in [3.63, 3.8) is 0 Å². The van der Waals surface area contributed by atoms with Gasteiger partial charge in [0.2, 0.25) is 0 Å². The van der Waals surface area contributed by atoms with Crippen LogP contribution in [0, 0.1) is 11.6 Å². The number of carbonyl (C=O) groups is 1. The van der Waals surface area contributed by atoms with E-state index in [1.165, 1.54) is 30.3 Å². The van der Waals surface area contributed by atoms with Gasteiger partial charge in [-0.05, 0) is 102 Å². The fourth-order valence-corrected chi connectivity index (χ4v) is 8.10. The van der Waals surface area contributed by atoms with Crippen molar-refractivity contribution in [2.45, 2.75) is 37.9 Å². The molecule has 7 aromatic rings. The van der Waals surface area contributed by atoms with Crippen LogP contribution in [0.5, 0.6) is 0 Å². The number of benzene rings is 6. The monoisotopic (exact) mass is 717 g/mol. The molecule has 1 saturated heterocycles. The molecule has 0 unspecified atom stereocenters. The van der Waals surface area contributed by atoms with Crippen LogP contribution in [0.3, 0.4) is 0 Å². The summed E-state index contributed by atoms with van der Waals surface area (Å²) in [7, 11) is 0. The van der Waals surface area contributed by atoms with Crippen molar-refractivity contribution >= 4 is 16.9 Å². The van der Waals surface area contributed by atoms with Crippen LogP contribution in [-0.2, 0) is 12.1 Å². The zero-order valence-electron chi connectivity index (χ0n) is 30.2. The highest BCUT2D eigenvalue weighted by Crippen LogP contribution is 2.42. The fourth-order valence-electron chi connectivity index (χ4n) is 8.10. The molecule has 8 heteroatoms. The average Bonchev–Trinajstić information content (AvgIpc) is 3.87. The molecule has 1 aliphatic rings. The fraction of sp³-hybridized carbons (Fsp3) is 0.196. The zero-order chi connectivity index (χ0) is 37.1. The number of hydrogen-bond donors (Lipinski definition) is 0. The van der Waals surface area contributed by atoms with Crippen LogP contribution in [0.1, 0.15) is 52.4 Å². The number of likely N-dealkylation sites (tertiary alicyclic amines) is 1. The topological polar surface area (TPSA) is 54.3 Å². The number of fused-ring (bicyclic) bond motifs is 1. The Morgan fingerprint density at radius 1 is 0.759 bits per heavy atom. The van der Waals surface area contributed by atoms with E-state index >= 15 is 4.39 Å². The summed E-state index contributed by atoms with van der Waals surface area (Å²) in [5.41, 5.74) is 6.27. The van der Waals surface area contributed by atoms with E-state index in [1.807, 2.05) is 83.5 Å². The minimum atomic E-state index is -0.823. The third kappa shape index (κ3) is 6.58. The third-order valence-corrected chi connectivity index (χ3v) is 10.8. The zero-order valence-corrected chi connectivity index (χ0v) is 30.2. The van der Waals surface area contributed by atoms with Crippen LogP contribution in [-0.4, -0.2) is 56.4 Å². The summed E-state index contributed by atoms with van der Waals surface area (Å²) in [5, 5.41) is 9.58. The summed E-state index contributed by atoms with van der Waals surface area (Å²) in [4.78, 5) is 18.0. The molecule has 0 radical (unpaired) electrons. The summed E-state index contributed by atoms with van der Waals surface area (Å²) in [6, 6.07) is 47.9. The van der Waals surface area contributed by atoms with E-state index < -0.39 is 11.4 Å². The SMILES string of the molecule is CCN1CCC[C@H]1CN(Cc1cc(-c2ccc3c(c2)nnn3C(c2ccccc2)(c2ccccc2)c2ccccc2)ccc1F)C(=O)c1ccc(F)cc1. The molecule has 1 atom stereocenters. The van der Waals surface area contributed by atoms with E-state index in [0.717, 1.165) is 59.3 Å². The van der Waals surface area contributed by atoms with E-state index in [-0.39, 0.29) is 24.3 Å². The van der Waals surface area contributed by atoms with Crippen molar-refractivity contribution in [3.8, 4) is 11.1 Å². The molecule has 0 saturated carbocycles. The number of hydrogen-bond acceptors (Lipinski definition) is 4. The van der Waals surface area contributed by atoms with Gasteiger partial charge in [-0.15, -0.1) is 5.10 Å². The van der Waals surface area contributed by atoms with E-state index in [0.29, 0.717) is 23.2 Å². The Morgan fingerprint density at radius 3 is 1.96 bits per heavy atom. The first kappa shape index (κ1) is 35.1. The van der Waals surface area contributed by atoms with Crippen molar-refractivity contribution in [1.82, 2.24) is 24.8 Å². The number of halogens is 2. The molecule has 270 valence electrons. The summed E-state index contributed by atoms with van der Waals surface area (Å²) >= 11 is 0. The minimum Gasteiger partial charge on any atom is -0.333 e. The van der Waals surface area contributed by atoms with Crippen LogP contribution in [0.25, 0.3) is 22.2 Å². The molecular weight excluding hydrogens is 677 g/mol. The summed E-state index contributed by atoms with van der Waals surface area (Å²) < 4.78 is 31.5. The summed E-state index contributed by atoms with van der Waals surface area (Å²) in [5.74, 6) is -1.05. The van der Waals surface area contributed by atoms with Crippen LogP contribution in [0.2, 0.25) is 0 Å².